The van der Waals surface area contributed by atoms with Crippen LogP contribution in [-0.2, 0) is 11.3 Å². The van der Waals surface area contributed by atoms with Crippen molar-refractivity contribution in [3.63, 3.8) is 0 Å². The Morgan fingerprint density at radius 1 is 1.53 bits per heavy atom. The monoisotopic (exact) mass is 248 g/mol. The smallest absolute Gasteiger partial charge is 0.337 e. The molecule has 2 aromatic rings. The maximum absolute atomic E-state index is 11.3. The summed E-state index contributed by atoms with van der Waals surface area (Å²) in [7, 11) is 1.37. The van der Waals surface area contributed by atoms with Gasteiger partial charge in [0, 0.05) is 16.8 Å². The second-order valence-electron chi connectivity index (χ2n) is 3.39. The van der Waals surface area contributed by atoms with E-state index in [2.05, 4.69) is 15.0 Å². The van der Waals surface area contributed by atoms with Crippen molar-refractivity contribution < 1.29 is 9.53 Å². The van der Waals surface area contributed by atoms with E-state index < -0.39 is 0 Å². The van der Waals surface area contributed by atoms with Crippen LogP contribution in [-0.4, -0.2) is 18.1 Å². The summed E-state index contributed by atoms with van der Waals surface area (Å²) in [6, 6.07) is 7.23. The molecule has 0 atom stereocenters. The summed E-state index contributed by atoms with van der Waals surface area (Å²) in [6.07, 6.45) is 1.82. The Bertz CT molecular complexity index is 497. The highest BCUT2D eigenvalue weighted by atomic mass is 32.1. The standard InChI is InChI=1S/C12H12N2O2S/c1-16-12(15)9-3-2-4-10(5-9)14-7-11-6-13-8-17-11/h2-6,8,14H,7H2,1H3. The van der Waals surface area contributed by atoms with E-state index in [1.165, 1.54) is 7.11 Å². The molecule has 1 aromatic carbocycles. The molecular weight excluding hydrogens is 236 g/mol. The number of carbonyl (C=O) groups excluding carboxylic acids is 1. The number of rotatable bonds is 4. The summed E-state index contributed by atoms with van der Waals surface area (Å²) in [5.41, 5.74) is 3.23. The van der Waals surface area contributed by atoms with E-state index >= 15 is 0 Å². The third-order valence-corrected chi connectivity index (χ3v) is 3.01. The Kier molecular flexibility index (Phi) is 3.72. The second kappa shape index (κ2) is 5.45. The number of aromatic nitrogens is 1. The van der Waals surface area contributed by atoms with Gasteiger partial charge in [-0.2, -0.15) is 0 Å². The Morgan fingerprint density at radius 3 is 3.12 bits per heavy atom. The van der Waals surface area contributed by atoms with Gasteiger partial charge in [-0.3, -0.25) is 4.98 Å². The molecule has 0 fully saturated rings. The van der Waals surface area contributed by atoms with Crippen molar-refractivity contribution in [2.24, 2.45) is 0 Å². The molecular formula is C12H12N2O2S. The minimum Gasteiger partial charge on any atom is -0.465 e. The fourth-order valence-electron chi connectivity index (χ4n) is 1.39. The van der Waals surface area contributed by atoms with Gasteiger partial charge in [0.15, 0.2) is 0 Å². The van der Waals surface area contributed by atoms with Gasteiger partial charge < -0.3 is 10.1 Å². The predicted molar refractivity (Wildman–Crippen MR) is 67.2 cm³/mol. The van der Waals surface area contributed by atoms with Gasteiger partial charge in [0.2, 0.25) is 0 Å². The van der Waals surface area contributed by atoms with Gasteiger partial charge >= 0.3 is 5.97 Å². The molecule has 2 rings (SSSR count). The predicted octanol–water partition coefficient (Wildman–Crippen LogP) is 2.54. The van der Waals surface area contributed by atoms with Gasteiger partial charge in [0.1, 0.15) is 0 Å². The number of hydrogen-bond donors (Lipinski definition) is 1. The Labute approximate surface area is 103 Å². The number of carbonyl (C=O) groups is 1. The molecule has 0 aliphatic heterocycles. The molecule has 1 heterocycles. The van der Waals surface area contributed by atoms with Crippen molar-refractivity contribution in [1.82, 2.24) is 4.98 Å². The normalized spacial score (nSPS) is 9.94. The Morgan fingerprint density at radius 2 is 2.41 bits per heavy atom. The first-order chi connectivity index (χ1) is 8.29. The van der Waals surface area contributed by atoms with Crippen molar-refractivity contribution >= 4 is 23.0 Å². The first-order valence-electron chi connectivity index (χ1n) is 5.09. The molecule has 5 heteroatoms. The van der Waals surface area contributed by atoms with Crippen molar-refractivity contribution in [3.8, 4) is 0 Å². The lowest BCUT2D eigenvalue weighted by atomic mass is 10.2. The number of nitrogens with one attached hydrogen (secondary N) is 1. The van der Waals surface area contributed by atoms with E-state index in [0.29, 0.717) is 12.1 Å². The Balaban J connectivity index is 2.03. The molecule has 0 bridgehead atoms. The van der Waals surface area contributed by atoms with Crippen LogP contribution in [0.5, 0.6) is 0 Å². The fourth-order valence-corrected chi connectivity index (χ4v) is 1.93. The number of ether oxygens (including phenoxy) is 1. The molecule has 1 aromatic heterocycles. The molecule has 0 unspecified atom stereocenters. The van der Waals surface area contributed by atoms with Gasteiger partial charge in [0.05, 0.1) is 24.7 Å². The van der Waals surface area contributed by atoms with Gasteiger partial charge in [-0.05, 0) is 18.2 Å². The maximum Gasteiger partial charge on any atom is 0.337 e. The minimum absolute atomic E-state index is 0.327. The average Bonchev–Trinajstić information content (AvgIpc) is 2.89. The zero-order chi connectivity index (χ0) is 12.1. The zero-order valence-corrected chi connectivity index (χ0v) is 10.2. The van der Waals surface area contributed by atoms with E-state index in [1.54, 1.807) is 29.0 Å². The molecule has 17 heavy (non-hydrogen) atoms. The molecule has 0 amide bonds. The molecule has 0 saturated heterocycles. The van der Waals surface area contributed by atoms with Gasteiger partial charge in [-0.15, -0.1) is 11.3 Å². The van der Waals surface area contributed by atoms with Crippen LogP contribution >= 0.6 is 11.3 Å². The lowest BCUT2D eigenvalue weighted by Crippen LogP contribution is -2.03. The zero-order valence-electron chi connectivity index (χ0n) is 9.34. The van der Waals surface area contributed by atoms with Crippen molar-refractivity contribution in [3.05, 3.63) is 46.4 Å². The molecule has 1 N–H and O–H groups in total. The van der Waals surface area contributed by atoms with Gasteiger partial charge in [-0.25, -0.2) is 4.79 Å². The van der Waals surface area contributed by atoms with Crippen molar-refractivity contribution in [1.29, 1.82) is 0 Å². The van der Waals surface area contributed by atoms with E-state index in [-0.39, 0.29) is 5.97 Å². The molecule has 0 aliphatic carbocycles. The largest absolute Gasteiger partial charge is 0.465 e. The highest BCUT2D eigenvalue weighted by molar-refractivity contribution is 7.09. The number of methoxy groups -OCH3 is 1. The van der Waals surface area contributed by atoms with Crippen LogP contribution in [0, 0.1) is 0 Å². The van der Waals surface area contributed by atoms with E-state index in [1.807, 2.05) is 18.3 Å². The van der Waals surface area contributed by atoms with E-state index in [9.17, 15) is 4.79 Å². The lowest BCUT2D eigenvalue weighted by molar-refractivity contribution is 0.0601. The van der Waals surface area contributed by atoms with Crippen LogP contribution in [0.3, 0.4) is 0 Å². The topological polar surface area (TPSA) is 51.2 Å². The number of hydrogen-bond acceptors (Lipinski definition) is 5. The van der Waals surface area contributed by atoms with Crippen LogP contribution in [0.2, 0.25) is 0 Å². The molecule has 0 radical (unpaired) electrons. The molecule has 88 valence electrons. The van der Waals surface area contributed by atoms with E-state index in [0.717, 1.165) is 10.6 Å². The summed E-state index contributed by atoms with van der Waals surface area (Å²) in [6.45, 7) is 0.704. The maximum atomic E-state index is 11.3. The SMILES string of the molecule is COC(=O)c1cccc(NCc2cncs2)c1. The molecule has 0 saturated carbocycles. The number of anilines is 1. The minimum atomic E-state index is -0.327. The van der Waals surface area contributed by atoms with Crippen LogP contribution in [0.15, 0.2) is 36.0 Å². The third-order valence-electron chi connectivity index (χ3n) is 2.23. The van der Waals surface area contributed by atoms with Crippen LogP contribution in [0.1, 0.15) is 15.2 Å². The first-order valence-corrected chi connectivity index (χ1v) is 5.97. The van der Waals surface area contributed by atoms with Crippen molar-refractivity contribution in [2.45, 2.75) is 6.54 Å². The van der Waals surface area contributed by atoms with Crippen LogP contribution in [0.4, 0.5) is 5.69 Å². The molecule has 0 spiro atoms. The van der Waals surface area contributed by atoms with Crippen LogP contribution in [0.25, 0.3) is 0 Å². The van der Waals surface area contributed by atoms with Crippen molar-refractivity contribution in [2.75, 3.05) is 12.4 Å². The fraction of sp³-hybridized carbons (Fsp3) is 0.167. The quantitative estimate of drug-likeness (QED) is 0.845. The highest BCUT2D eigenvalue weighted by Gasteiger charge is 2.05. The lowest BCUT2D eigenvalue weighted by Gasteiger charge is -2.06. The first kappa shape index (κ1) is 11.6. The third kappa shape index (κ3) is 3.04. The molecule has 0 aliphatic rings. The number of nitrogens with zero attached hydrogens (tertiary/aromatic N) is 1. The summed E-state index contributed by atoms with van der Waals surface area (Å²) in [5.74, 6) is -0.327. The summed E-state index contributed by atoms with van der Waals surface area (Å²) < 4.78 is 4.67. The van der Waals surface area contributed by atoms with Gasteiger partial charge in [0.25, 0.3) is 0 Å². The van der Waals surface area contributed by atoms with E-state index in [4.69, 9.17) is 0 Å². The highest BCUT2D eigenvalue weighted by Crippen LogP contribution is 2.14. The number of esters is 1. The number of benzene rings is 1. The Hall–Kier alpha value is -1.88. The number of thiazole rings is 1. The van der Waals surface area contributed by atoms with Crippen LogP contribution < -0.4 is 5.32 Å². The average molecular weight is 248 g/mol. The second-order valence-corrected chi connectivity index (χ2v) is 4.36. The van der Waals surface area contributed by atoms with Gasteiger partial charge in [-0.1, -0.05) is 6.07 Å². The summed E-state index contributed by atoms with van der Waals surface area (Å²) >= 11 is 1.59. The molecule has 4 nitrogen and oxygen atoms in total. The summed E-state index contributed by atoms with van der Waals surface area (Å²) in [4.78, 5) is 16.5. The summed E-state index contributed by atoms with van der Waals surface area (Å²) in [5, 5.41) is 3.23.